The van der Waals surface area contributed by atoms with Crippen molar-refractivity contribution in [2.45, 2.75) is 6.17 Å². The van der Waals surface area contributed by atoms with Gasteiger partial charge in [0.1, 0.15) is 0 Å². The van der Waals surface area contributed by atoms with Crippen molar-refractivity contribution in [3.8, 4) is 11.6 Å². The Kier molecular flexibility index (Phi) is 5.80. The van der Waals surface area contributed by atoms with Gasteiger partial charge in [0.25, 0.3) is 11.8 Å². The second kappa shape index (κ2) is 9.55. The van der Waals surface area contributed by atoms with Crippen LogP contribution in [0.15, 0.2) is 76.4 Å². The number of rotatable bonds is 5. The molecule has 1 atom stereocenters. The summed E-state index contributed by atoms with van der Waals surface area (Å²) >= 11 is 0. The van der Waals surface area contributed by atoms with E-state index in [0.29, 0.717) is 49.2 Å². The van der Waals surface area contributed by atoms with Gasteiger partial charge in [0.2, 0.25) is 6.17 Å². The van der Waals surface area contributed by atoms with Crippen LogP contribution in [0.3, 0.4) is 0 Å². The molecular weight excluding hydrogens is 460 g/mol. The second-order valence-electron chi connectivity index (χ2n) is 8.17. The van der Waals surface area contributed by atoms with Gasteiger partial charge in [0.05, 0.1) is 24.6 Å². The molecular formula is C25H22N8O3. The zero-order valence-electron chi connectivity index (χ0n) is 19.2. The first kappa shape index (κ1) is 21.9. The molecule has 11 heteroatoms. The zero-order valence-corrected chi connectivity index (χ0v) is 19.2. The Hall–Kier alpha value is -4.64. The predicted molar refractivity (Wildman–Crippen MR) is 133 cm³/mol. The zero-order chi connectivity index (χ0) is 24.3. The first-order chi connectivity index (χ1) is 17.8. The molecule has 2 N–H and O–H groups in total. The molecule has 2 aliphatic heterocycles. The molecule has 0 spiro atoms. The van der Waals surface area contributed by atoms with Gasteiger partial charge in [0, 0.05) is 36.6 Å². The summed E-state index contributed by atoms with van der Waals surface area (Å²) in [7, 11) is 0. The lowest BCUT2D eigenvalue weighted by Gasteiger charge is -2.28. The maximum absolute atomic E-state index is 13.1. The SMILES string of the molecule is O=C1Nc2ccccc2C(c2ccccc2)=NC1Nc1nnc(-c2nccnc2N2CCOCC2)o1. The lowest BCUT2D eigenvalue weighted by Crippen LogP contribution is -2.37. The number of hydrogen-bond acceptors (Lipinski definition) is 10. The largest absolute Gasteiger partial charge is 0.401 e. The van der Waals surface area contributed by atoms with Crippen LogP contribution < -0.4 is 15.5 Å². The maximum atomic E-state index is 13.1. The minimum atomic E-state index is -0.999. The fourth-order valence-corrected chi connectivity index (χ4v) is 4.16. The highest BCUT2D eigenvalue weighted by Gasteiger charge is 2.28. The molecule has 1 unspecified atom stereocenters. The third-order valence-corrected chi connectivity index (χ3v) is 5.87. The van der Waals surface area contributed by atoms with E-state index in [4.69, 9.17) is 14.1 Å². The number of aliphatic imine (C=N–C) groups is 1. The molecule has 0 radical (unpaired) electrons. The smallest absolute Gasteiger partial charge is 0.317 e. The van der Waals surface area contributed by atoms with E-state index in [2.05, 4.69) is 35.7 Å². The number of morpholine rings is 1. The number of aromatic nitrogens is 4. The van der Waals surface area contributed by atoms with E-state index in [1.54, 1.807) is 12.4 Å². The number of anilines is 3. The Bertz CT molecular complexity index is 1420. The average Bonchev–Trinajstić information content (AvgIpc) is 3.35. The molecule has 11 nitrogen and oxygen atoms in total. The molecule has 1 saturated heterocycles. The summed E-state index contributed by atoms with van der Waals surface area (Å²) in [6, 6.07) is 17.3. The van der Waals surface area contributed by atoms with E-state index in [-0.39, 0.29) is 17.8 Å². The number of carbonyl (C=O) groups excluding carboxylic acids is 1. The van der Waals surface area contributed by atoms with E-state index < -0.39 is 6.17 Å². The first-order valence-electron chi connectivity index (χ1n) is 11.5. The topological polar surface area (TPSA) is 131 Å². The number of nitrogens with zero attached hydrogens (tertiary/aromatic N) is 6. The average molecular weight is 483 g/mol. The maximum Gasteiger partial charge on any atom is 0.317 e. The number of carbonyl (C=O) groups is 1. The number of ether oxygens (including phenoxy) is 1. The number of benzodiazepines with no additional fused rings is 1. The van der Waals surface area contributed by atoms with Crippen LogP contribution in [0.4, 0.5) is 17.5 Å². The minimum Gasteiger partial charge on any atom is -0.401 e. The Morgan fingerprint density at radius 3 is 2.58 bits per heavy atom. The van der Waals surface area contributed by atoms with Crippen molar-refractivity contribution in [2.24, 2.45) is 4.99 Å². The highest BCUT2D eigenvalue weighted by Crippen LogP contribution is 2.28. The molecule has 2 aromatic heterocycles. The van der Waals surface area contributed by atoms with Crippen molar-refractivity contribution in [2.75, 3.05) is 41.8 Å². The summed E-state index contributed by atoms with van der Waals surface area (Å²) in [5.41, 5.74) is 3.52. The van der Waals surface area contributed by atoms with Crippen molar-refractivity contribution in [3.05, 3.63) is 78.1 Å². The Labute approximate surface area is 206 Å². The number of amides is 1. The molecule has 1 amide bonds. The van der Waals surface area contributed by atoms with Gasteiger partial charge in [-0.15, -0.1) is 5.10 Å². The van der Waals surface area contributed by atoms with Gasteiger partial charge in [-0.05, 0) is 6.07 Å². The van der Waals surface area contributed by atoms with Crippen LogP contribution >= 0.6 is 0 Å². The number of nitrogens with one attached hydrogen (secondary N) is 2. The number of hydrogen-bond donors (Lipinski definition) is 2. The van der Waals surface area contributed by atoms with Crippen molar-refractivity contribution < 1.29 is 13.9 Å². The van der Waals surface area contributed by atoms with Crippen molar-refractivity contribution in [3.63, 3.8) is 0 Å². The van der Waals surface area contributed by atoms with Crippen LogP contribution in [0.1, 0.15) is 11.1 Å². The summed E-state index contributed by atoms with van der Waals surface area (Å²) in [5, 5.41) is 14.2. The van der Waals surface area contributed by atoms with E-state index in [1.807, 2.05) is 54.6 Å². The van der Waals surface area contributed by atoms with Gasteiger partial charge in [-0.25, -0.2) is 15.0 Å². The van der Waals surface area contributed by atoms with Crippen LogP contribution in [-0.4, -0.2) is 64.3 Å². The van der Waals surface area contributed by atoms with E-state index in [1.165, 1.54) is 0 Å². The molecule has 4 heterocycles. The third-order valence-electron chi connectivity index (χ3n) is 5.87. The molecule has 4 aromatic rings. The van der Waals surface area contributed by atoms with Gasteiger partial charge in [-0.2, -0.15) is 0 Å². The summed E-state index contributed by atoms with van der Waals surface area (Å²) in [5.74, 6) is 0.487. The fourth-order valence-electron chi connectivity index (χ4n) is 4.16. The van der Waals surface area contributed by atoms with Gasteiger partial charge in [-0.1, -0.05) is 53.6 Å². The highest BCUT2D eigenvalue weighted by molar-refractivity contribution is 6.19. The second-order valence-corrected chi connectivity index (χ2v) is 8.17. The number of benzene rings is 2. The number of fused-ring (bicyclic) bond motifs is 1. The molecule has 2 aromatic carbocycles. The van der Waals surface area contributed by atoms with Crippen molar-refractivity contribution in [1.29, 1.82) is 0 Å². The summed E-state index contributed by atoms with van der Waals surface area (Å²) in [6.07, 6.45) is 2.20. The molecule has 0 aliphatic carbocycles. The standard InChI is InChI=1S/C25H22N8O3/c34-23-21(29-19(16-6-2-1-3-7-16)17-8-4-5-9-18(17)28-23)30-25-32-31-24(36-25)20-22(27-11-10-26-20)33-12-14-35-15-13-33/h1-11,21H,12-15H2,(H,28,34)(H,30,32). The molecule has 2 aliphatic rings. The molecule has 36 heavy (non-hydrogen) atoms. The van der Waals surface area contributed by atoms with Crippen LogP contribution in [0, 0.1) is 0 Å². The van der Waals surface area contributed by atoms with Crippen LogP contribution in [-0.2, 0) is 9.53 Å². The minimum absolute atomic E-state index is 0.0471. The Balaban J connectivity index is 1.32. The molecule has 0 bridgehead atoms. The first-order valence-corrected chi connectivity index (χ1v) is 11.5. The summed E-state index contributed by atoms with van der Waals surface area (Å²) in [6.45, 7) is 2.58. The third kappa shape index (κ3) is 4.27. The predicted octanol–water partition coefficient (Wildman–Crippen LogP) is 2.59. The Morgan fingerprint density at radius 2 is 1.72 bits per heavy atom. The fraction of sp³-hybridized carbons (Fsp3) is 0.200. The number of para-hydroxylation sites is 1. The van der Waals surface area contributed by atoms with E-state index >= 15 is 0 Å². The van der Waals surface area contributed by atoms with Crippen LogP contribution in [0.5, 0.6) is 0 Å². The molecule has 0 saturated carbocycles. The van der Waals surface area contributed by atoms with Gasteiger partial charge in [0.15, 0.2) is 11.5 Å². The lowest BCUT2D eigenvalue weighted by molar-refractivity contribution is -0.116. The van der Waals surface area contributed by atoms with E-state index in [0.717, 1.165) is 11.1 Å². The molecule has 6 rings (SSSR count). The van der Waals surface area contributed by atoms with Crippen LogP contribution in [0.25, 0.3) is 11.6 Å². The molecule has 1 fully saturated rings. The summed E-state index contributed by atoms with van der Waals surface area (Å²) < 4.78 is 11.3. The summed E-state index contributed by atoms with van der Waals surface area (Å²) in [4.78, 5) is 28.8. The van der Waals surface area contributed by atoms with Crippen molar-refractivity contribution in [1.82, 2.24) is 20.2 Å². The van der Waals surface area contributed by atoms with Crippen molar-refractivity contribution >= 4 is 29.1 Å². The normalized spacial score (nSPS) is 17.6. The quantitative estimate of drug-likeness (QED) is 0.441. The van der Waals surface area contributed by atoms with Gasteiger partial charge in [-0.3, -0.25) is 4.79 Å². The lowest BCUT2D eigenvalue weighted by atomic mass is 10.0. The monoisotopic (exact) mass is 482 g/mol. The van der Waals surface area contributed by atoms with Gasteiger partial charge >= 0.3 is 6.01 Å². The van der Waals surface area contributed by atoms with Crippen LogP contribution in [0.2, 0.25) is 0 Å². The molecule has 180 valence electrons. The van der Waals surface area contributed by atoms with Gasteiger partial charge < -0.3 is 24.7 Å². The Morgan fingerprint density at radius 1 is 0.944 bits per heavy atom. The van der Waals surface area contributed by atoms with E-state index in [9.17, 15) is 4.79 Å². The highest BCUT2D eigenvalue weighted by atomic mass is 16.5.